The van der Waals surface area contributed by atoms with E-state index in [-0.39, 0.29) is 6.54 Å². The van der Waals surface area contributed by atoms with E-state index in [0.717, 1.165) is 14.1 Å². The zero-order chi connectivity index (χ0) is 45.1. The summed E-state index contributed by atoms with van der Waals surface area (Å²) in [4.78, 5) is 11.0. The van der Waals surface area contributed by atoms with E-state index in [0.29, 0.717) is 0 Å². The molecule has 55 heavy (non-hydrogen) atoms. The molecule has 0 aromatic heterocycles. The number of nitrogens with zero attached hydrogens (tertiary/aromatic N) is 2. The van der Waals surface area contributed by atoms with Crippen molar-refractivity contribution < 1.29 is 137 Å². The van der Waals surface area contributed by atoms with Crippen molar-refractivity contribution in [3.63, 3.8) is 0 Å². The molecule has 0 saturated heterocycles. The summed E-state index contributed by atoms with van der Waals surface area (Å²) in [6.07, 6.45) is -9.75. The Kier molecular flexibility index (Phi) is 14.2. The molecule has 0 unspecified atom stereocenters. The van der Waals surface area contributed by atoms with E-state index in [1.165, 1.54) is 0 Å². The van der Waals surface area contributed by atoms with Crippen LogP contribution in [0.2, 0.25) is 0 Å². The summed E-state index contributed by atoms with van der Waals surface area (Å²) in [5.41, 5.74) is 0. The Morgan fingerprint density at radius 2 is 0.818 bits per heavy atom. The molecule has 0 bridgehead atoms. The minimum absolute atomic E-state index is 0.354. The molecule has 34 heteroatoms. The Morgan fingerprint density at radius 1 is 0.527 bits per heavy atom. The maximum Gasteiger partial charge on any atom is 0.460 e. The zero-order valence-corrected chi connectivity index (χ0v) is 27.9. The molecule has 0 heterocycles. The molecule has 9 nitrogen and oxygen atoms in total. The maximum atomic E-state index is 14.7. The van der Waals surface area contributed by atoms with E-state index in [2.05, 4.69) is 0 Å². The van der Waals surface area contributed by atoms with Crippen LogP contribution >= 0.6 is 0 Å². The highest BCUT2D eigenvalue weighted by atomic mass is 32.2. The van der Waals surface area contributed by atoms with Crippen molar-refractivity contribution in [2.75, 3.05) is 46.0 Å². The number of rotatable bonds is 21. The number of halogens is 23. The van der Waals surface area contributed by atoms with Gasteiger partial charge in [-0.05, 0) is 0 Å². The monoisotopic (exact) mass is 915 g/mol. The van der Waals surface area contributed by atoms with E-state index in [1.54, 1.807) is 0 Å². The Morgan fingerprint density at radius 3 is 1.11 bits per heavy atom. The number of sulfonamides is 1. The highest BCUT2D eigenvalue weighted by Gasteiger charge is 2.99. The lowest BCUT2D eigenvalue weighted by Gasteiger charge is -2.45. The lowest BCUT2D eigenvalue weighted by atomic mass is 9.86. The van der Waals surface area contributed by atoms with Crippen molar-refractivity contribution >= 4 is 26.1 Å². The third-order valence-electron chi connectivity index (χ3n) is 7.19. The first-order chi connectivity index (χ1) is 23.5. The minimum Gasteiger partial charge on any atom is -0.480 e. The summed E-state index contributed by atoms with van der Waals surface area (Å²) in [5.74, 6) is -87.8. The van der Waals surface area contributed by atoms with Gasteiger partial charge in [0.05, 0.1) is 32.9 Å². The molecule has 0 aliphatic heterocycles. The first kappa shape index (κ1) is 52.6. The summed E-state index contributed by atoms with van der Waals surface area (Å²) in [6, 6.07) is 0. The fraction of sp³-hybridized carbons (Fsp3) is 0.952. The lowest BCUT2D eigenvalue weighted by Crippen LogP contribution is -2.78. The number of aliphatic carboxylic acids is 1. The van der Waals surface area contributed by atoms with Crippen LogP contribution in [-0.4, -0.2) is 152 Å². The van der Waals surface area contributed by atoms with Gasteiger partial charge >= 0.3 is 70.7 Å². The van der Waals surface area contributed by atoms with Crippen LogP contribution in [0.1, 0.15) is 12.8 Å². The predicted octanol–water partition coefficient (Wildman–Crippen LogP) is 6.32. The largest absolute Gasteiger partial charge is 0.480 e. The predicted molar refractivity (Wildman–Crippen MR) is 131 cm³/mol. The summed E-state index contributed by atoms with van der Waals surface area (Å²) >= 11 is 0. The van der Waals surface area contributed by atoms with Gasteiger partial charge in [-0.1, -0.05) is 0 Å². The van der Waals surface area contributed by atoms with Crippen molar-refractivity contribution in [3.05, 3.63) is 0 Å². The average molecular weight is 916 g/mol. The molecule has 0 spiro atoms. The van der Waals surface area contributed by atoms with Gasteiger partial charge in [-0.25, -0.2) is 8.42 Å². The third-order valence-corrected chi connectivity index (χ3v) is 9.89. The molecular weight excluding hydrogens is 893 g/mol. The topological polar surface area (TPSA) is 129 Å². The SMILES string of the molecule is C[N+](C)(CCCN(CC(=O)O)S(=O)(=O)C(F)(F)C(F)(F)C(F)(F)C(F)(F)C(F)(F)C(F)(F)C(F)(F)C(F)(F)C(F)(F)C(F)(F)C(F)(F)F)CCCS(=O)(=O)O. The van der Waals surface area contributed by atoms with Crippen LogP contribution in [0.5, 0.6) is 0 Å². The highest BCUT2D eigenvalue weighted by Crippen LogP contribution is 2.67. The van der Waals surface area contributed by atoms with Crippen molar-refractivity contribution in [3.8, 4) is 0 Å². The van der Waals surface area contributed by atoms with Crippen LogP contribution in [0.4, 0.5) is 101 Å². The van der Waals surface area contributed by atoms with E-state index >= 15 is 0 Å². The first-order valence-electron chi connectivity index (χ1n) is 13.3. The maximum absolute atomic E-state index is 14.7. The molecular formula is C21H22F23N2O7S2+. The molecule has 0 aliphatic carbocycles. The highest BCUT2D eigenvalue weighted by molar-refractivity contribution is 7.90. The Hall–Kier alpha value is -2.36. The molecule has 0 radical (unpaired) electrons. The first-order valence-corrected chi connectivity index (χ1v) is 16.4. The molecule has 0 aromatic rings. The van der Waals surface area contributed by atoms with Crippen molar-refractivity contribution in [2.24, 2.45) is 0 Å². The molecule has 0 fully saturated rings. The normalized spacial score (nSPS) is 16.2. The number of quaternary nitrogens is 1. The molecule has 0 amide bonds. The number of carboxylic acids is 1. The van der Waals surface area contributed by atoms with Gasteiger partial charge in [0.2, 0.25) is 0 Å². The molecule has 0 atom stereocenters. The van der Waals surface area contributed by atoms with Crippen LogP contribution < -0.4 is 0 Å². The van der Waals surface area contributed by atoms with Gasteiger partial charge in [0, 0.05) is 19.4 Å². The second kappa shape index (κ2) is 14.8. The molecule has 0 saturated carbocycles. The Balaban J connectivity index is 7.17. The number of carbonyl (C=O) groups is 1. The Labute approximate surface area is 291 Å². The fourth-order valence-electron chi connectivity index (χ4n) is 3.96. The van der Waals surface area contributed by atoms with Crippen molar-refractivity contribution in [1.82, 2.24) is 4.31 Å². The van der Waals surface area contributed by atoms with Gasteiger partial charge in [0.1, 0.15) is 6.54 Å². The lowest BCUT2D eigenvalue weighted by molar-refractivity contribution is -0.890. The smallest absolute Gasteiger partial charge is 0.460 e. The number of hydrogen-bond acceptors (Lipinski definition) is 5. The molecule has 0 rings (SSSR count). The molecule has 0 aliphatic rings. The standard InChI is InChI=1S/C21H21F23N2O7S2/c1-46(2,7-4-8-54(49,50)51)6-3-5-45(9-10(47)48)55(52,53)21(43,44)19(38,39)17(34,35)15(30,31)13(26,27)11(22,23)12(24,25)14(28,29)16(32,33)18(36,37)20(40,41)42/h3-9H2,1-2H3,(H-,47,48,49,50,51)/p+1. The molecule has 0 aromatic carbocycles. The second-order valence-electron chi connectivity index (χ2n) is 11.8. The second-order valence-corrected chi connectivity index (χ2v) is 15.3. The Bertz CT molecular complexity index is 1610. The molecule has 2 N–H and O–H groups in total. The molecule has 330 valence electrons. The van der Waals surface area contributed by atoms with Crippen molar-refractivity contribution in [2.45, 2.75) is 77.6 Å². The zero-order valence-electron chi connectivity index (χ0n) is 26.3. The fourth-order valence-corrected chi connectivity index (χ4v) is 5.88. The van der Waals surface area contributed by atoms with E-state index < -0.39 is 138 Å². The van der Waals surface area contributed by atoms with E-state index in [4.69, 9.17) is 9.66 Å². The van der Waals surface area contributed by atoms with Gasteiger partial charge in [-0.15, -0.1) is 0 Å². The summed E-state index contributed by atoms with van der Waals surface area (Å²) in [6.45, 7) is -5.48. The van der Waals surface area contributed by atoms with Crippen LogP contribution in [0.3, 0.4) is 0 Å². The summed E-state index contributed by atoms with van der Waals surface area (Å²) in [5, 5.41) is 0.572. The van der Waals surface area contributed by atoms with E-state index in [1.807, 2.05) is 0 Å². The third kappa shape index (κ3) is 8.60. The number of hydrogen-bond donors (Lipinski definition) is 2. The number of carboxylic acid groups (broad SMARTS) is 1. The van der Waals surface area contributed by atoms with Gasteiger partial charge in [-0.3, -0.25) is 9.35 Å². The average Bonchev–Trinajstić information content (AvgIpc) is 2.93. The number of alkyl halides is 23. The van der Waals surface area contributed by atoms with Crippen LogP contribution in [0.25, 0.3) is 0 Å². The van der Waals surface area contributed by atoms with Crippen LogP contribution in [0, 0.1) is 0 Å². The van der Waals surface area contributed by atoms with Crippen molar-refractivity contribution in [1.29, 1.82) is 0 Å². The van der Waals surface area contributed by atoms with Crippen LogP contribution in [0.15, 0.2) is 0 Å². The van der Waals surface area contributed by atoms with Gasteiger partial charge in [0.25, 0.3) is 20.1 Å². The van der Waals surface area contributed by atoms with Gasteiger partial charge in [0.15, 0.2) is 0 Å². The van der Waals surface area contributed by atoms with Crippen LogP contribution in [-0.2, 0) is 24.9 Å². The van der Waals surface area contributed by atoms with Gasteiger partial charge < -0.3 is 9.59 Å². The van der Waals surface area contributed by atoms with Gasteiger partial charge in [-0.2, -0.15) is 114 Å². The quantitative estimate of drug-likeness (QED) is 0.0784. The minimum atomic E-state index is -9.69. The summed E-state index contributed by atoms with van der Waals surface area (Å²) in [7, 11) is -10.5. The van der Waals surface area contributed by atoms with E-state index in [9.17, 15) is 123 Å². The summed E-state index contributed by atoms with van der Waals surface area (Å²) < 4.78 is 368.